The van der Waals surface area contributed by atoms with E-state index in [2.05, 4.69) is 4.98 Å². The van der Waals surface area contributed by atoms with Crippen molar-refractivity contribution >= 4 is 16.6 Å². The van der Waals surface area contributed by atoms with Crippen LogP contribution in [0.25, 0.3) is 27.9 Å². The predicted molar refractivity (Wildman–Crippen MR) is 76.6 cm³/mol. The van der Waals surface area contributed by atoms with E-state index in [1.165, 1.54) is 6.07 Å². The smallest absolute Gasteiger partial charge is 0.345 e. The van der Waals surface area contributed by atoms with Gasteiger partial charge in [-0.15, -0.1) is 0 Å². The first-order chi connectivity index (χ1) is 10.2. The molecule has 0 aliphatic rings. The Hall–Kier alpha value is -2.95. The summed E-state index contributed by atoms with van der Waals surface area (Å²) in [6.45, 7) is 0. The first-order valence-corrected chi connectivity index (χ1v) is 6.39. The molecule has 0 N–H and O–H groups in total. The molecule has 0 fully saturated rings. The monoisotopic (exact) mass is 280 g/mol. The van der Waals surface area contributed by atoms with E-state index in [0.29, 0.717) is 16.8 Å². The lowest BCUT2D eigenvalue weighted by Gasteiger charge is -1.98. The van der Waals surface area contributed by atoms with Gasteiger partial charge >= 0.3 is 5.63 Å². The van der Waals surface area contributed by atoms with Crippen LogP contribution in [0.2, 0.25) is 0 Å². The van der Waals surface area contributed by atoms with Crippen molar-refractivity contribution in [3.8, 4) is 11.3 Å². The molecule has 0 saturated carbocycles. The molecule has 0 bridgehead atoms. The molecule has 1 aromatic carbocycles. The number of para-hydroxylation sites is 1. The molecule has 4 nitrogen and oxygen atoms in total. The van der Waals surface area contributed by atoms with Crippen LogP contribution < -0.4 is 5.63 Å². The third-order valence-electron chi connectivity index (χ3n) is 3.35. The van der Waals surface area contributed by atoms with Crippen LogP contribution in [-0.2, 0) is 0 Å². The average Bonchev–Trinajstić information content (AvgIpc) is 2.92. The Morgan fingerprint density at radius 2 is 2.00 bits per heavy atom. The molecule has 102 valence electrons. The number of hydrogen-bond donors (Lipinski definition) is 0. The summed E-state index contributed by atoms with van der Waals surface area (Å²) in [6, 6.07) is 11.8. The number of imidazole rings is 1. The fourth-order valence-electron chi connectivity index (χ4n) is 2.35. The van der Waals surface area contributed by atoms with Crippen LogP contribution in [0.4, 0.5) is 4.39 Å². The van der Waals surface area contributed by atoms with Gasteiger partial charge in [-0.25, -0.2) is 14.2 Å². The summed E-state index contributed by atoms with van der Waals surface area (Å²) in [5.74, 6) is -0.436. The molecular weight excluding hydrogens is 271 g/mol. The summed E-state index contributed by atoms with van der Waals surface area (Å²) in [6.07, 6.45) is 3.29. The molecule has 4 rings (SSSR count). The SMILES string of the molecule is O=c1oc2ccccc2cc1-c1cn2cccc(F)c2n1. The van der Waals surface area contributed by atoms with E-state index in [-0.39, 0.29) is 5.65 Å². The maximum Gasteiger partial charge on any atom is 0.345 e. The minimum Gasteiger partial charge on any atom is -0.422 e. The Kier molecular flexibility index (Phi) is 2.41. The van der Waals surface area contributed by atoms with E-state index in [1.54, 1.807) is 41.1 Å². The number of aromatic nitrogens is 2. The number of fused-ring (bicyclic) bond motifs is 2. The highest BCUT2D eigenvalue weighted by Gasteiger charge is 2.13. The van der Waals surface area contributed by atoms with Gasteiger partial charge < -0.3 is 8.82 Å². The average molecular weight is 280 g/mol. The first kappa shape index (κ1) is 11.8. The highest BCUT2D eigenvalue weighted by Crippen LogP contribution is 2.21. The lowest BCUT2D eigenvalue weighted by atomic mass is 10.1. The highest BCUT2D eigenvalue weighted by molar-refractivity contribution is 5.81. The second kappa shape index (κ2) is 4.28. The number of rotatable bonds is 1. The summed E-state index contributed by atoms with van der Waals surface area (Å²) in [5.41, 5.74) is 0.912. The number of pyridine rings is 1. The lowest BCUT2D eigenvalue weighted by molar-refractivity contribution is 0.563. The van der Waals surface area contributed by atoms with E-state index in [1.807, 2.05) is 12.1 Å². The molecule has 3 aromatic heterocycles. The third kappa shape index (κ3) is 1.82. The summed E-state index contributed by atoms with van der Waals surface area (Å²) < 4.78 is 20.5. The standard InChI is InChI=1S/C16H9FN2O2/c17-12-5-3-7-19-9-13(18-15(12)19)11-8-10-4-1-2-6-14(10)21-16(11)20/h1-9H. The normalized spacial score (nSPS) is 11.3. The van der Waals surface area contributed by atoms with Crippen LogP contribution in [0.1, 0.15) is 0 Å². The zero-order chi connectivity index (χ0) is 14.4. The van der Waals surface area contributed by atoms with Crippen molar-refractivity contribution in [3.63, 3.8) is 0 Å². The molecule has 3 heterocycles. The zero-order valence-corrected chi connectivity index (χ0v) is 10.8. The van der Waals surface area contributed by atoms with Crippen LogP contribution in [-0.4, -0.2) is 9.38 Å². The molecule has 0 amide bonds. The van der Waals surface area contributed by atoms with Gasteiger partial charge in [-0.2, -0.15) is 0 Å². The van der Waals surface area contributed by atoms with E-state index < -0.39 is 11.4 Å². The van der Waals surface area contributed by atoms with E-state index in [4.69, 9.17) is 4.42 Å². The molecule has 4 aromatic rings. The molecule has 0 spiro atoms. The number of nitrogens with zero attached hydrogens (tertiary/aromatic N) is 2. The predicted octanol–water partition coefficient (Wildman–Crippen LogP) is 3.25. The van der Waals surface area contributed by atoms with Gasteiger partial charge in [-0.05, 0) is 24.3 Å². The van der Waals surface area contributed by atoms with Crippen LogP contribution in [0.5, 0.6) is 0 Å². The Labute approximate surface area is 118 Å². The molecule has 0 aliphatic heterocycles. The molecule has 0 unspecified atom stereocenters. The van der Waals surface area contributed by atoms with Crippen LogP contribution in [0.3, 0.4) is 0 Å². The summed E-state index contributed by atoms with van der Waals surface area (Å²) in [4.78, 5) is 16.3. The van der Waals surface area contributed by atoms with Crippen molar-refractivity contribution in [3.05, 3.63) is 71.1 Å². The van der Waals surface area contributed by atoms with Crippen LogP contribution in [0.15, 0.2) is 64.1 Å². The molecular formula is C16H9FN2O2. The van der Waals surface area contributed by atoms with Gasteiger partial charge in [-0.3, -0.25) is 0 Å². The highest BCUT2D eigenvalue weighted by atomic mass is 19.1. The van der Waals surface area contributed by atoms with Gasteiger partial charge in [-0.1, -0.05) is 18.2 Å². The van der Waals surface area contributed by atoms with Crippen molar-refractivity contribution in [2.45, 2.75) is 0 Å². The molecule has 5 heteroatoms. The zero-order valence-electron chi connectivity index (χ0n) is 10.8. The fraction of sp³-hybridized carbons (Fsp3) is 0. The summed E-state index contributed by atoms with van der Waals surface area (Å²) in [7, 11) is 0. The van der Waals surface area contributed by atoms with Crippen LogP contribution >= 0.6 is 0 Å². The summed E-state index contributed by atoms with van der Waals surface area (Å²) in [5, 5.41) is 0.796. The Balaban J connectivity index is 2.01. The largest absolute Gasteiger partial charge is 0.422 e. The van der Waals surface area contributed by atoms with E-state index in [9.17, 15) is 9.18 Å². The van der Waals surface area contributed by atoms with Gasteiger partial charge in [0.1, 0.15) is 5.58 Å². The molecule has 0 saturated heterocycles. The number of hydrogen-bond acceptors (Lipinski definition) is 3. The number of benzene rings is 1. The molecule has 0 aliphatic carbocycles. The van der Waals surface area contributed by atoms with Gasteiger partial charge in [0.05, 0.1) is 11.3 Å². The minimum absolute atomic E-state index is 0.181. The van der Waals surface area contributed by atoms with Gasteiger partial charge in [0.2, 0.25) is 0 Å². The third-order valence-corrected chi connectivity index (χ3v) is 3.35. The van der Waals surface area contributed by atoms with Crippen molar-refractivity contribution in [1.82, 2.24) is 9.38 Å². The van der Waals surface area contributed by atoms with Crippen molar-refractivity contribution in [2.75, 3.05) is 0 Å². The van der Waals surface area contributed by atoms with Crippen LogP contribution in [0, 0.1) is 5.82 Å². The Morgan fingerprint density at radius 3 is 2.86 bits per heavy atom. The quantitative estimate of drug-likeness (QED) is 0.503. The van der Waals surface area contributed by atoms with E-state index in [0.717, 1.165) is 5.39 Å². The van der Waals surface area contributed by atoms with E-state index >= 15 is 0 Å². The fourth-order valence-corrected chi connectivity index (χ4v) is 2.35. The molecule has 0 atom stereocenters. The molecule has 0 radical (unpaired) electrons. The van der Waals surface area contributed by atoms with Crippen molar-refractivity contribution in [1.29, 1.82) is 0 Å². The topological polar surface area (TPSA) is 47.5 Å². The van der Waals surface area contributed by atoms with Gasteiger partial charge in [0, 0.05) is 17.8 Å². The first-order valence-electron chi connectivity index (χ1n) is 6.39. The van der Waals surface area contributed by atoms with Gasteiger partial charge in [0.15, 0.2) is 11.5 Å². The Bertz CT molecular complexity index is 1030. The number of halogens is 1. The van der Waals surface area contributed by atoms with Crippen molar-refractivity contribution < 1.29 is 8.81 Å². The van der Waals surface area contributed by atoms with Gasteiger partial charge in [0.25, 0.3) is 0 Å². The maximum atomic E-state index is 13.7. The summed E-state index contributed by atoms with van der Waals surface area (Å²) >= 11 is 0. The Morgan fingerprint density at radius 1 is 1.14 bits per heavy atom. The molecule has 21 heavy (non-hydrogen) atoms. The second-order valence-electron chi connectivity index (χ2n) is 4.70. The lowest BCUT2D eigenvalue weighted by Crippen LogP contribution is -2.02. The second-order valence-corrected chi connectivity index (χ2v) is 4.70. The van der Waals surface area contributed by atoms with Crippen molar-refractivity contribution in [2.24, 2.45) is 0 Å². The minimum atomic E-state index is -0.488. The maximum absolute atomic E-state index is 13.7.